The predicted molar refractivity (Wildman–Crippen MR) is 103 cm³/mol. The lowest BCUT2D eigenvalue weighted by atomic mass is 10.1. The molecule has 2 aromatic rings. The zero-order valence-corrected chi connectivity index (χ0v) is 15.8. The van der Waals surface area contributed by atoms with Crippen LogP contribution in [0, 0.1) is 10.1 Å². The van der Waals surface area contributed by atoms with Crippen LogP contribution in [0.1, 0.15) is 35.3 Å². The lowest BCUT2D eigenvalue weighted by Gasteiger charge is -2.25. The Morgan fingerprint density at radius 2 is 1.89 bits per heavy atom. The van der Waals surface area contributed by atoms with Crippen molar-refractivity contribution in [1.82, 2.24) is 10.2 Å². The Morgan fingerprint density at radius 3 is 2.52 bits per heavy atom. The molecule has 2 rings (SSSR count). The molecule has 0 saturated carbocycles. The number of non-ortho nitro benzene ring substituents is 1. The van der Waals surface area contributed by atoms with Gasteiger partial charge in [0.2, 0.25) is 5.91 Å². The molecule has 0 radical (unpaired) electrons. The fourth-order valence-electron chi connectivity index (χ4n) is 2.50. The van der Waals surface area contributed by atoms with Gasteiger partial charge in [0.15, 0.2) is 0 Å². The summed E-state index contributed by atoms with van der Waals surface area (Å²) in [7, 11) is 1.63. The summed E-state index contributed by atoms with van der Waals surface area (Å²) < 4.78 is 0. The van der Waals surface area contributed by atoms with Crippen molar-refractivity contribution in [2.75, 3.05) is 13.6 Å². The van der Waals surface area contributed by atoms with Crippen LogP contribution in [0.4, 0.5) is 5.69 Å². The summed E-state index contributed by atoms with van der Waals surface area (Å²) in [5.74, 6) is -0.459. The zero-order valence-electron chi connectivity index (χ0n) is 15.0. The summed E-state index contributed by atoms with van der Waals surface area (Å²) in [6.45, 7) is 1.98. The Labute approximate surface area is 162 Å². The molecule has 1 atom stereocenters. The fraction of sp³-hybridized carbons (Fsp3) is 0.263. The number of carbonyl (C=O) groups is 2. The van der Waals surface area contributed by atoms with Crippen LogP contribution in [-0.2, 0) is 4.79 Å². The van der Waals surface area contributed by atoms with Crippen LogP contribution in [0.15, 0.2) is 48.5 Å². The molecule has 7 nitrogen and oxygen atoms in total. The van der Waals surface area contributed by atoms with Crippen LogP contribution in [0.5, 0.6) is 0 Å². The molecule has 0 bridgehead atoms. The summed E-state index contributed by atoms with van der Waals surface area (Å²) in [6, 6.07) is 12.3. The SMILES string of the molecule is C[C@@H](c1cccc([N+](=O)[O-])c1)N(C)C(=O)CCNC(=O)c1ccc(Cl)cc1. The van der Waals surface area contributed by atoms with Crippen molar-refractivity contribution < 1.29 is 14.5 Å². The summed E-state index contributed by atoms with van der Waals surface area (Å²) in [5, 5.41) is 14.1. The minimum absolute atomic E-state index is 0.0181. The minimum Gasteiger partial charge on any atom is -0.352 e. The smallest absolute Gasteiger partial charge is 0.269 e. The Balaban J connectivity index is 1.89. The van der Waals surface area contributed by atoms with E-state index >= 15 is 0 Å². The van der Waals surface area contributed by atoms with Gasteiger partial charge in [0.25, 0.3) is 11.6 Å². The van der Waals surface area contributed by atoms with Gasteiger partial charge in [0, 0.05) is 42.7 Å². The summed E-state index contributed by atoms with van der Waals surface area (Å²) in [5.41, 5.74) is 1.12. The van der Waals surface area contributed by atoms with Crippen LogP contribution >= 0.6 is 11.6 Å². The first-order valence-electron chi connectivity index (χ1n) is 8.33. The van der Waals surface area contributed by atoms with Gasteiger partial charge >= 0.3 is 0 Å². The molecule has 1 N–H and O–H groups in total. The third-order valence-corrected chi connectivity index (χ3v) is 4.52. The van der Waals surface area contributed by atoms with Crippen LogP contribution in [0.25, 0.3) is 0 Å². The molecule has 0 aliphatic heterocycles. The second-order valence-electron chi connectivity index (χ2n) is 6.05. The van der Waals surface area contributed by atoms with Gasteiger partial charge in [-0.3, -0.25) is 19.7 Å². The normalized spacial score (nSPS) is 11.5. The lowest BCUT2D eigenvalue weighted by Crippen LogP contribution is -2.33. The molecule has 0 aliphatic rings. The van der Waals surface area contributed by atoms with E-state index in [0.29, 0.717) is 16.1 Å². The number of hydrogen-bond acceptors (Lipinski definition) is 4. The molecule has 2 amide bonds. The van der Waals surface area contributed by atoms with E-state index in [0.717, 1.165) is 0 Å². The van der Waals surface area contributed by atoms with Crippen molar-refractivity contribution >= 4 is 29.1 Å². The standard InChI is InChI=1S/C19H20ClN3O4/c1-13(15-4-3-5-17(12-15)23(26)27)22(2)18(24)10-11-21-19(25)14-6-8-16(20)9-7-14/h3-9,12-13H,10-11H2,1-2H3,(H,21,25)/t13-/m0/s1. The van der Waals surface area contributed by atoms with Crippen LogP contribution in [0.3, 0.4) is 0 Å². The highest BCUT2D eigenvalue weighted by Gasteiger charge is 2.19. The highest BCUT2D eigenvalue weighted by Crippen LogP contribution is 2.23. The molecular weight excluding hydrogens is 370 g/mol. The van der Waals surface area contributed by atoms with E-state index in [-0.39, 0.29) is 36.5 Å². The molecule has 0 unspecified atom stereocenters. The number of halogens is 1. The largest absolute Gasteiger partial charge is 0.352 e. The molecule has 0 heterocycles. The average Bonchev–Trinajstić information content (AvgIpc) is 2.67. The van der Waals surface area contributed by atoms with Gasteiger partial charge in [-0.05, 0) is 36.8 Å². The zero-order chi connectivity index (χ0) is 20.0. The first kappa shape index (κ1) is 20.4. The number of benzene rings is 2. The van der Waals surface area contributed by atoms with Gasteiger partial charge in [-0.2, -0.15) is 0 Å². The topological polar surface area (TPSA) is 92.6 Å². The van der Waals surface area contributed by atoms with E-state index < -0.39 is 4.92 Å². The maximum Gasteiger partial charge on any atom is 0.269 e. The van der Waals surface area contributed by atoms with E-state index in [1.165, 1.54) is 17.0 Å². The van der Waals surface area contributed by atoms with Crippen molar-refractivity contribution in [3.63, 3.8) is 0 Å². The number of nitro benzene ring substituents is 1. The van der Waals surface area contributed by atoms with E-state index in [1.807, 2.05) is 0 Å². The van der Waals surface area contributed by atoms with Gasteiger partial charge in [-0.25, -0.2) is 0 Å². The second-order valence-corrected chi connectivity index (χ2v) is 6.48. The number of nitrogens with zero attached hydrogens (tertiary/aromatic N) is 2. The Kier molecular flexibility index (Phi) is 6.90. The molecule has 0 aromatic heterocycles. The molecule has 27 heavy (non-hydrogen) atoms. The van der Waals surface area contributed by atoms with Gasteiger partial charge in [0.05, 0.1) is 11.0 Å². The van der Waals surface area contributed by atoms with Crippen LogP contribution < -0.4 is 5.32 Å². The van der Waals surface area contributed by atoms with Crippen molar-refractivity contribution in [3.8, 4) is 0 Å². The predicted octanol–water partition coefficient (Wildman–Crippen LogP) is 3.59. The molecule has 0 fully saturated rings. The molecule has 2 aromatic carbocycles. The summed E-state index contributed by atoms with van der Waals surface area (Å²) in [6.07, 6.45) is 0.120. The quantitative estimate of drug-likeness (QED) is 0.578. The molecule has 0 saturated heterocycles. The number of nitro groups is 1. The van der Waals surface area contributed by atoms with Gasteiger partial charge in [-0.1, -0.05) is 23.7 Å². The average molecular weight is 390 g/mol. The number of nitrogens with one attached hydrogen (secondary N) is 1. The summed E-state index contributed by atoms with van der Waals surface area (Å²) >= 11 is 5.79. The van der Waals surface area contributed by atoms with Crippen LogP contribution in [0.2, 0.25) is 5.02 Å². The molecule has 8 heteroatoms. The Morgan fingerprint density at radius 1 is 1.22 bits per heavy atom. The number of amides is 2. The van der Waals surface area contributed by atoms with Crippen molar-refractivity contribution in [3.05, 3.63) is 74.8 Å². The Bertz CT molecular complexity index is 839. The third-order valence-electron chi connectivity index (χ3n) is 4.27. The number of hydrogen-bond donors (Lipinski definition) is 1. The van der Waals surface area contributed by atoms with Gasteiger partial charge < -0.3 is 10.2 Å². The van der Waals surface area contributed by atoms with Gasteiger partial charge in [0.1, 0.15) is 0 Å². The highest BCUT2D eigenvalue weighted by molar-refractivity contribution is 6.30. The van der Waals surface area contributed by atoms with E-state index in [9.17, 15) is 19.7 Å². The molecule has 0 aliphatic carbocycles. The Hall–Kier alpha value is -2.93. The minimum atomic E-state index is -0.468. The lowest BCUT2D eigenvalue weighted by molar-refractivity contribution is -0.384. The maximum atomic E-state index is 12.4. The summed E-state index contributed by atoms with van der Waals surface area (Å²) in [4.78, 5) is 36.3. The molecule has 0 spiro atoms. The monoisotopic (exact) mass is 389 g/mol. The van der Waals surface area contributed by atoms with Crippen LogP contribution in [-0.4, -0.2) is 35.2 Å². The third kappa shape index (κ3) is 5.52. The number of rotatable bonds is 7. The molecule has 142 valence electrons. The highest BCUT2D eigenvalue weighted by atomic mass is 35.5. The van der Waals surface area contributed by atoms with Gasteiger partial charge in [-0.15, -0.1) is 0 Å². The fourth-order valence-corrected chi connectivity index (χ4v) is 2.63. The maximum absolute atomic E-state index is 12.4. The van der Waals surface area contributed by atoms with Crippen molar-refractivity contribution in [1.29, 1.82) is 0 Å². The van der Waals surface area contributed by atoms with Crippen molar-refractivity contribution in [2.45, 2.75) is 19.4 Å². The first-order chi connectivity index (χ1) is 12.8. The molecular formula is C19H20ClN3O4. The second kappa shape index (κ2) is 9.14. The van der Waals surface area contributed by atoms with Crippen molar-refractivity contribution in [2.24, 2.45) is 0 Å². The van der Waals surface area contributed by atoms with E-state index in [2.05, 4.69) is 5.32 Å². The van der Waals surface area contributed by atoms with E-state index in [1.54, 1.807) is 50.4 Å². The number of carbonyl (C=O) groups excluding carboxylic acids is 2. The van der Waals surface area contributed by atoms with E-state index in [4.69, 9.17) is 11.6 Å². The first-order valence-corrected chi connectivity index (χ1v) is 8.71.